The molecule has 0 unspecified atom stereocenters. The molecular formula is C15H11ClN2O2. The number of hydrogen-bond acceptors (Lipinski definition) is 2. The number of nitro benzene ring substituents is 1. The molecule has 0 atom stereocenters. The molecule has 0 saturated carbocycles. The average Bonchev–Trinajstić information content (AvgIpc) is 2.84. The van der Waals surface area contributed by atoms with Crippen molar-refractivity contribution in [1.29, 1.82) is 0 Å². The fraction of sp³-hybridized carbons (Fsp3) is 0.0667. The molecule has 3 rings (SSSR count). The molecule has 0 bridgehead atoms. The number of rotatable bonds is 3. The number of halogens is 1. The second-order valence-electron chi connectivity index (χ2n) is 4.54. The number of fused-ring (bicyclic) bond motifs is 1. The Morgan fingerprint density at radius 2 is 1.95 bits per heavy atom. The van der Waals surface area contributed by atoms with Gasteiger partial charge in [-0.05, 0) is 23.8 Å². The quantitative estimate of drug-likeness (QED) is 0.534. The molecule has 0 amide bonds. The van der Waals surface area contributed by atoms with Crippen molar-refractivity contribution >= 4 is 28.2 Å². The largest absolute Gasteiger partial charge is 0.343 e. The van der Waals surface area contributed by atoms with Gasteiger partial charge in [0.1, 0.15) is 0 Å². The monoisotopic (exact) mass is 286 g/mol. The van der Waals surface area contributed by atoms with Crippen molar-refractivity contribution < 1.29 is 4.92 Å². The molecule has 5 heteroatoms. The number of benzene rings is 2. The Hall–Kier alpha value is -2.33. The standard InChI is InChI=1S/C15H11ClN2O2/c16-14-4-2-1-3-12(14)10-17-8-7-11-9-13(18(19)20)5-6-15(11)17/h1-9H,10H2. The molecule has 0 spiro atoms. The van der Waals surface area contributed by atoms with Gasteiger partial charge in [0.15, 0.2) is 0 Å². The Morgan fingerprint density at radius 1 is 1.15 bits per heavy atom. The molecule has 3 aromatic rings. The molecule has 100 valence electrons. The van der Waals surface area contributed by atoms with Gasteiger partial charge in [0.05, 0.1) is 4.92 Å². The number of hydrogen-bond donors (Lipinski definition) is 0. The topological polar surface area (TPSA) is 48.1 Å². The van der Waals surface area contributed by atoms with Crippen LogP contribution in [0, 0.1) is 10.1 Å². The molecule has 20 heavy (non-hydrogen) atoms. The lowest BCUT2D eigenvalue weighted by Crippen LogP contribution is -1.98. The second-order valence-corrected chi connectivity index (χ2v) is 4.94. The molecule has 0 radical (unpaired) electrons. The summed E-state index contributed by atoms with van der Waals surface area (Å²) >= 11 is 6.16. The van der Waals surface area contributed by atoms with Crippen LogP contribution < -0.4 is 0 Å². The summed E-state index contributed by atoms with van der Waals surface area (Å²) in [6.07, 6.45) is 1.91. The van der Waals surface area contributed by atoms with E-state index in [0.717, 1.165) is 21.5 Å². The summed E-state index contributed by atoms with van der Waals surface area (Å²) in [6.45, 7) is 0.640. The summed E-state index contributed by atoms with van der Waals surface area (Å²) in [5.41, 5.74) is 2.08. The van der Waals surface area contributed by atoms with Gasteiger partial charge in [0, 0.05) is 40.8 Å². The minimum atomic E-state index is -0.384. The smallest absolute Gasteiger partial charge is 0.270 e. The molecular weight excluding hydrogens is 276 g/mol. The number of aromatic nitrogens is 1. The van der Waals surface area contributed by atoms with Crippen LogP contribution in [0.5, 0.6) is 0 Å². The zero-order valence-corrected chi connectivity index (χ0v) is 11.2. The third-order valence-electron chi connectivity index (χ3n) is 3.26. The number of nitrogens with zero attached hydrogens (tertiary/aromatic N) is 2. The molecule has 1 heterocycles. The maximum atomic E-state index is 10.8. The summed E-state index contributed by atoms with van der Waals surface area (Å²) < 4.78 is 2.03. The third-order valence-corrected chi connectivity index (χ3v) is 3.63. The normalized spacial score (nSPS) is 10.8. The van der Waals surface area contributed by atoms with Crippen LogP contribution >= 0.6 is 11.6 Å². The summed E-state index contributed by atoms with van der Waals surface area (Å²) in [5, 5.41) is 12.3. The van der Waals surface area contributed by atoms with Crippen molar-refractivity contribution in [3.05, 3.63) is 75.4 Å². The minimum absolute atomic E-state index is 0.105. The zero-order chi connectivity index (χ0) is 14.1. The van der Waals surface area contributed by atoms with Gasteiger partial charge in [0.25, 0.3) is 5.69 Å². The Kier molecular flexibility index (Phi) is 3.16. The van der Waals surface area contributed by atoms with Crippen LogP contribution in [-0.4, -0.2) is 9.49 Å². The predicted molar refractivity (Wildman–Crippen MR) is 79.1 cm³/mol. The summed E-state index contributed by atoms with van der Waals surface area (Å²) in [6, 6.07) is 14.4. The number of non-ortho nitro benzene ring substituents is 1. The lowest BCUT2D eigenvalue weighted by molar-refractivity contribution is -0.384. The average molecular weight is 287 g/mol. The van der Waals surface area contributed by atoms with E-state index in [0.29, 0.717) is 6.54 Å². The van der Waals surface area contributed by atoms with Crippen molar-refractivity contribution in [3.8, 4) is 0 Å². The van der Waals surface area contributed by atoms with E-state index in [1.165, 1.54) is 6.07 Å². The SMILES string of the molecule is O=[N+]([O-])c1ccc2c(ccn2Cc2ccccc2Cl)c1. The van der Waals surface area contributed by atoms with Crippen molar-refractivity contribution in [2.24, 2.45) is 0 Å². The van der Waals surface area contributed by atoms with Gasteiger partial charge in [-0.15, -0.1) is 0 Å². The van der Waals surface area contributed by atoms with Crippen LogP contribution in [0.25, 0.3) is 10.9 Å². The summed E-state index contributed by atoms with van der Waals surface area (Å²) in [4.78, 5) is 10.4. The molecule has 2 aromatic carbocycles. The predicted octanol–water partition coefficient (Wildman–Crippen LogP) is 4.25. The van der Waals surface area contributed by atoms with E-state index in [9.17, 15) is 10.1 Å². The number of nitro groups is 1. The van der Waals surface area contributed by atoms with Gasteiger partial charge in [0.2, 0.25) is 0 Å². The van der Waals surface area contributed by atoms with Gasteiger partial charge in [-0.25, -0.2) is 0 Å². The Morgan fingerprint density at radius 3 is 2.70 bits per heavy atom. The fourth-order valence-corrected chi connectivity index (χ4v) is 2.44. The molecule has 0 saturated heterocycles. The van der Waals surface area contributed by atoms with Crippen LogP contribution in [-0.2, 0) is 6.54 Å². The molecule has 0 fully saturated rings. The lowest BCUT2D eigenvalue weighted by Gasteiger charge is -2.07. The minimum Gasteiger partial charge on any atom is -0.343 e. The van der Waals surface area contributed by atoms with Crippen LogP contribution in [0.15, 0.2) is 54.7 Å². The Balaban J connectivity index is 2.01. The molecule has 0 N–H and O–H groups in total. The van der Waals surface area contributed by atoms with Gasteiger partial charge in [-0.1, -0.05) is 29.8 Å². The Labute approximate surface area is 120 Å². The maximum Gasteiger partial charge on any atom is 0.270 e. The Bertz CT molecular complexity index is 795. The lowest BCUT2D eigenvalue weighted by atomic mass is 10.2. The first kappa shape index (κ1) is 12.7. The van der Waals surface area contributed by atoms with Crippen LogP contribution in [0.2, 0.25) is 5.02 Å². The van der Waals surface area contributed by atoms with Gasteiger partial charge < -0.3 is 4.57 Å². The third kappa shape index (κ3) is 2.26. The zero-order valence-electron chi connectivity index (χ0n) is 10.5. The molecule has 0 aliphatic rings. The van der Waals surface area contributed by atoms with E-state index in [2.05, 4.69) is 0 Å². The van der Waals surface area contributed by atoms with E-state index in [-0.39, 0.29) is 10.6 Å². The van der Waals surface area contributed by atoms with Gasteiger partial charge >= 0.3 is 0 Å². The van der Waals surface area contributed by atoms with Crippen LogP contribution in [0.3, 0.4) is 0 Å². The van der Waals surface area contributed by atoms with E-state index in [4.69, 9.17) is 11.6 Å². The highest BCUT2D eigenvalue weighted by atomic mass is 35.5. The first-order chi connectivity index (χ1) is 9.65. The molecule has 0 aliphatic carbocycles. The van der Waals surface area contributed by atoms with Crippen molar-refractivity contribution in [3.63, 3.8) is 0 Å². The highest BCUT2D eigenvalue weighted by Gasteiger charge is 2.09. The maximum absolute atomic E-state index is 10.8. The fourth-order valence-electron chi connectivity index (χ4n) is 2.25. The summed E-state index contributed by atoms with van der Waals surface area (Å²) in [7, 11) is 0. The van der Waals surface area contributed by atoms with E-state index in [1.54, 1.807) is 12.1 Å². The van der Waals surface area contributed by atoms with Crippen molar-refractivity contribution in [1.82, 2.24) is 4.57 Å². The first-order valence-electron chi connectivity index (χ1n) is 6.12. The molecule has 1 aromatic heterocycles. The summed E-state index contributed by atoms with van der Waals surface area (Å²) in [5.74, 6) is 0. The van der Waals surface area contributed by atoms with Crippen LogP contribution in [0.4, 0.5) is 5.69 Å². The molecule has 4 nitrogen and oxygen atoms in total. The van der Waals surface area contributed by atoms with Gasteiger partial charge in [-0.3, -0.25) is 10.1 Å². The van der Waals surface area contributed by atoms with Crippen molar-refractivity contribution in [2.75, 3.05) is 0 Å². The second kappa shape index (κ2) is 4.98. The highest BCUT2D eigenvalue weighted by Crippen LogP contribution is 2.24. The first-order valence-corrected chi connectivity index (χ1v) is 6.49. The van der Waals surface area contributed by atoms with Crippen molar-refractivity contribution in [2.45, 2.75) is 6.54 Å². The van der Waals surface area contributed by atoms with Gasteiger partial charge in [-0.2, -0.15) is 0 Å². The van der Waals surface area contributed by atoms with E-state index >= 15 is 0 Å². The molecule has 0 aliphatic heterocycles. The van der Waals surface area contributed by atoms with E-state index in [1.807, 2.05) is 41.1 Å². The highest BCUT2D eigenvalue weighted by molar-refractivity contribution is 6.31. The van der Waals surface area contributed by atoms with Crippen LogP contribution in [0.1, 0.15) is 5.56 Å². The van der Waals surface area contributed by atoms with E-state index < -0.39 is 0 Å².